The Hall–Kier alpha value is -8.73. The molecular weight excluding hydrogens is 837 g/mol. The smallest absolute Gasteiger partial charge is 0.308 e. The Kier molecular flexibility index (Phi) is 8.81. The van der Waals surface area contributed by atoms with Gasteiger partial charge in [-0.05, 0) is 111 Å². The molecule has 4 nitrogen and oxygen atoms in total. The van der Waals surface area contributed by atoms with Gasteiger partial charge in [0, 0.05) is 27.9 Å². The first-order valence-electron chi connectivity index (χ1n) is 24.0. The van der Waals surface area contributed by atoms with Gasteiger partial charge >= 0.3 is 5.82 Å². The molecule has 9 aromatic carbocycles. The van der Waals surface area contributed by atoms with Crippen LogP contribution < -0.4 is 4.57 Å². The van der Waals surface area contributed by atoms with Crippen molar-refractivity contribution in [3.63, 3.8) is 0 Å². The van der Waals surface area contributed by atoms with Gasteiger partial charge in [0.15, 0.2) is 0 Å². The van der Waals surface area contributed by atoms with Crippen LogP contribution in [0, 0.1) is 0 Å². The fraction of sp³-hybridized carbons (Fsp3) is 0.0615. The molecule has 0 saturated heterocycles. The van der Waals surface area contributed by atoms with Crippen molar-refractivity contribution >= 4 is 21.8 Å². The van der Waals surface area contributed by atoms with Crippen LogP contribution in [0.15, 0.2) is 237 Å². The molecule has 0 saturated carbocycles. The molecule has 1 unspecified atom stereocenters. The second-order valence-electron chi connectivity index (χ2n) is 18.7. The van der Waals surface area contributed by atoms with Crippen LogP contribution in [0.25, 0.3) is 95.0 Å². The van der Waals surface area contributed by atoms with E-state index in [1.165, 1.54) is 71.9 Å². The van der Waals surface area contributed by atoms with Crippen LogP contribution in [0.1, 0.15) is 40.2 Å². The fourth-order valence-electron chi connectivity index (χ4n) is 12.0. The number of nitrogens with zero attached hydrogens (tertiary/aromatic N) is 4. The number of aromatic nitrogens is 4. The van der Waals surface area contributed by atoms with Crippen molar-refractivity contribution in [2.45, 2.75) is 17.8 Å². The SMILES string of the molecule is C[n+]1c(-c2ccc(C3C=CC=CC3)cc2)nc(-c2cccc(-c3ccccc3)c2)nc1-c1cccc(-n2c3ccccc3c3ccc4c(c32)-c2ccccc2C42c3ccccc3-c3ccccc32)c1. The number of rotatable bonds is 6. The van der Waals surface area contributed by atoms with Crippen LogP contribution in [0.4, 0.5) is 0 Å². The molecule has 14 rings (SSSR count). The maximum Gasteiger partial charge on any atom is 0.308 e. The minimum absolute atomic E-state index is 0.365. The van der Waals surface area contributed by atoms with Crippen molar-refractivity contribution in [3.8, 4) is 73.2 Å². The number of fused-ring (bicyclic) bond motifs is 14. The van der Waals surface area contributed by atoms with Crippen molar-refractivity contribution in [2.75, 3.05) is 0 Å². The predicted octanol–water partition coefficient (Wildman–Crippen LogP) is 15.0. The van der Waals surface area contributed by atoms with Crippen molar-refractivity contribution in [1.29, 1.82) is 0 Å². The largest absolute Gasteiger partial charge is 0.309 e. The summed E-state index contributed by atoms with van der Waals surface area (Å²) in [7, 11) is 2.10. The van der Waals surface area contributed by atoms with Gasteiger partial charge in [-0.3, -0.25) is 0 Å². The molecule has 0 N–H and O–H groups in total. The lowest BCUT2D eigenvalue weighted by molar-refractivity contribution is -0.654. The number of allylic oxidation sites excluding steroid dienone is 4. The van der Waals surface area contributed by atoms with E-state index in [2.05, 4.69) is 253 Å². The summed E-state index contributed by atoms with van der Waals surface area (Å²) >= 11 is 0. The van der Waals surface area contributed by atoms with Gasteiger partial charge in [-0.25, -0.2) is 4.57 Å². The Morgan fingerprint density at radius 1 is 0.478 bits per heavy atom. The first-order valence-corrected chi connectivity index (χ1v) is 24.0. The van der Waals surface area contributed by atoms with E-state index in [1.807, 2.05) is 0 Å². The zero-order valence-corrected chi connectivity index (χ0v) is 38.1. The highest BCUT2D eigenvalue weighted by atomic mass is 15.1. The van der Waals surface area contributed by atoms with E-state index in [9.17, 15) is 0 Å². The van der Waals surface area contributed by atoms with Crippen LogP contribution >= 0.6 is 0 Å². The van der Waals surface area contributed by atoms with E-state index in [0.29, 0.717) is 11.7 Å². The molecule has 2 aromatic heterocycles. The molecule has 3 aliphatic rings. The molecule has 0 radical (unpaired) electrons. The van der Waals surface area contributed by atoms with E-state index in [1.54, 1.807) is 0 Å². The molecule has 4 heteroatoms. The predicted molar refractivity (Wildman–Crippen MR) is 281 cm³/mol. The zero-order chi connectivity index (χ0) is 45.6. The van der Waals surface area contributed by atoms with Crippen molar-refractivity contribution in [1.82, 2.24) is 14.5 Å². The number of benzene rings is 9. The lowest BCUT2D eigenvalue weighted by Gasteiger charge is -2.30. The molecule has 1 atom stereocenters. The normalized spacial score (nSPS) is 14.8. The zero-order valence-electron chi connectivity index (χ0n) is 38.1. The van der Waals surface area contributed by atoms with Gasteiger partial charge < -0.3 is 4.57 Å². The maximum atomic E-state index is 5.48. The molecule has 1 spiro atoms. The van der Waals surface area contributed by atoms with Gasteiger partial charge in [0.1, 0.15) is 0 Å². The summed E-state index contributed by atoms with van der Waals surface area (Å²) in [6, 6.07) is 78.0. The number of hydrogen-bond acceptors (Lipinski definition) is 2. The lowest BCUT2D eigenvalue weighted by Crippen LogP contribution is -2.37. The molecule has 3 aliphatic carbocycles. The van der Waals surface area contributed by atoms with Crippen LogP contribution in [-0.4, -0.2) is 14.5 Å². The molecule has 0 fully saturated rings. The molecule has 324 valence electrons. The Labute approximate surface area is 401 Å². The maximum absolute atomic E-state index is 5.48. The summed E-state index contributed by atoms with van der Waals surface area (Å²) in [5.74, 6) is 2.73. The van der Waals surface area contributed by atoms with Gasteiger partial charge in [0.25, 0.3) is 11.6 Å². The standard InChI is InChI=1S/C65H45N4/c1-68-63(45-36-34-44(35-37-45)42-18-4-2-5-19-42)66-62(47-23-16-22-46(40-47)43-20-6-3-7-21-43)67-64(68)48-24-17-25-49(41-48)69-59-33-15-11-28-52(59)53-38-39-58-60(61(53)69)54-29-10-14-32-57(54)65(58)55-30-12-8-26-50(55)51-27-9-13-31-56(51)65/h2-18,20-42H,19H2,1H3/q+1. The highest BCUT2D eigenvalue weighted by Gasteiger charge is 2.52. The molecule has 0 bridgehead atoms. The van der Waals surface area contributed by atoms with Crippen LogP contribution in [0.5, 0.6) is 0 Å². The van der Waals surface area contributed by atoms with Crippen molar-refractivity contribution in [2.24, 2.45) is 7.05 Å². The second kappa shape index (κ2) is 15.4. The van der Waals surface area contributed by atoms with E-state index in [-0.39, 0.29) is 0 Å². The first kappa shape index (κ1) is 39.4. The monoisotopic (exact) mass is 881 g/mol. The molecule has 2 heterocycles. The Morgan fingerprint density at radius 3 is 1.86 bits per heavy atom. The lowest BCUT2D eigenvalue weighted by atomic mass is 9.70. The number of para-hydroxylation sites is 1. The molecule has 0 aliphatic heterocycles. The highest BCUT2D eigenvalue weighted by molar-refractivity contribution is 6.16. The second-order valence-corrected chi connectivity index (χ2v) is 18.7. The van der Waals surface area contributed by atoms with Crippen LogP contribution in [-0.2, 0) is 12.5 Å². The van der Waals surface area contributed by atoms with E-state index < -0.39 is 5.41 Å². The van der Waals surface area contributed by atoms with Crippen LogP contribution in [0.3, 0.4) is 0 Å². The van der Waals surface area contributed by atoms with Gasteiger partial charge in [0.05, 0.1) is 40.2 Å². The summed E-state index contributed by atoms with van der Waals surface area (Å²) in [5, 5.41) is 2.46. The summed E-state index contributed by atoms with van der Waals surface area (Å²) < 4.78 is 4.68. The van der Waals surface area contributed by atoms with E-state index >= 15 is 0 Å². The van der Waals surface area contributed by atoms with Crippen molar-refractivity contribution in [3.05, 3.63) is 264 Å². The highest BCUT2D eigenvalue weighted by Crippen LogP contribution is 2.64. The quantitative estimate of drug-likeness (QED) is 0.156. The third-order valence-electron chi connectivity index (χ3n) is 15.0. The topological polar surface area (TPSA) is 34.6 Å². The average Bonchev–Trinajstić information content (AvgIpc) is 4.04. The van der Waals surface area contributed by atoms with Gasteiger partial charge in [-0.15, -0.1) is 0 Å². The summed E-state index contributed by atoms with van der Waals surface area (Å²) in [4.78, 5) is 10.9. The summed E-state index contributed by atoms with van der Waals surface area (Å²) in [6.45, 7) is 0. The van der Waals surface area contributed by atoms with Crippen LogP contribution in [0.2, 0.25) is 0 Å². The first-order chi connectivity index (χ1) is 34.1. The molecular formula is C65H45N4+. The molecule has 11 aromatic rings. The van der Waals surface area contributed by atoms with Gasteiger partial charge in [-0.2, -0.15) is 0 Å². The minimum atomic E-state index is -0.446. The Bertz CT molecular complexity index is 3900. The van der Waals surface area contributed by atoms with Crippen molar-refractivity contribution < 1.29 is 4.57 Å². The Balaban J connectivity index is 0.990. The van der Waals surface area contributed by atoms with E-state index in [4.69, 9.17) is 9.97 Å². The summed E-state index contributed by atoms with van der Waals surface area (Å²) in [6.07, 6.45) is 9.82. The average molecular weight is 882 g/mol. The molecule has 69 heavy (non-hydrogen) atoms. The molecule has 0 amide bonds. The van der Waals surface area contributed by atoms with E-state index in [0.717, 1.165) is 51.6 Å². The fourth-order valence-corrected chi connectivity index (χ4v) is 12.0. The summed E-state index contributed by atoms with van der Waals surface area (Å²) in [5.41, 5.74) is 20.1. The Morgan fingerprint density at radius 2 is 1.10 bits per heavy atom. The third kappa shape index (κ3) is 5.85. The van der Waals surface area contributed by atoms with Gasteiger partial charge in [0.2, 0.25) is 0 Å². The minimum Gasteiger partial charge on any atom is -0.309 e. The third-order valence-corrected chi connectivity index (χ3v) is 15.0. The number of hydrogen-bond donors (Lipinski definition) is 0. The van der Waals surface area contributed by atoms with Gasteiger partial charge in [-0.1, -0.05) is 198 Å².